The van der Waals surface area contributed by atoms with Gasteiger partial charge in [0, 0.05) is 5.56 Å². The van der Waals surface area contributed by atoms with E-state index in [1.54, 1.807) is 0 Å². The molecule has 1 nitrogen and oxygen atoms in total. The Balaban J connectivity index is 2.39. The summed E-state index contributed by atoms with van der Waals surface area (Å²) in [7, 11) is 0. The average molecular weight is 252 g/mol. The Morgan fingerprint density at radius 1 is 1.36 bits per heavy atom. The lowest BCUT2D eigenvalue weighted by atomic mass is 9.92. The Morgan fingerprint density at radius 2 is 2.07 bits per heavy atom. The van der Waals surface area contributed by atoms with Crippen molar-refractivity contribution in [3.8, 4) is 0 Å². The summed E-state index contributed by atoms with van der Waals surface area (Å²) in [6, 6.07) is 8.91. The normalized spacial score (nSPS) is 20.6. The van der Waals surface area contributed by atoms with Gasteiger partial charge in [0.05, 0.1) is 6.04 Å². The van der Waals surface area contributed by atoms with Crippen LogP contribution in [0.1, 0.15) is 25.0 Å². The number of halogens is 1. The lowest BCUT2D eigenvalue weighted by molar-refractivity contribution is 0.490. The molecule has 0 aliphatic carbocycles. The summed E-state index contributed by atoms with van der Waals surface area (Å²) in [6.45, 7) is 4.45. The molecule has 2 rings (SSSR count). The second-order valence-electron chi connectivity index (χ2n) is 4.09. The molecular formula is C12H14BrN. The molecule has 1 unspecified atom stereocenters. The van der Waals surface area contributed by atoms with Crippen LogP contribution in [0.15, 0.2) is 29.3 Å². The Bertz CT molecular complexity index is 368. The van der Waals surface area contributed by atoms with Crippen molar-refractivity contribution in [3.05, 3.63) is 35.4 Å². The highest BCUT2D eigenvalue weighted by molar-refractivity contribution is 9.18. The fourth-order valence-corrected chi connectivity index (χ4v) is 2.42. The molecule has 0 bridgehead atoms. The lowest BCUT2D eigenvalue weighted by Crippen LogP contribution is -2.22. The van der Waals surface area contributed by atoms with Crippen LogP contribution in [0.5, 0.6) is 0 Å². The standard InChI is InChI=1S/C12H14BrN/c1-8(2)11-7-9-5-3-4-6-10(9)12(13)14-11/h3-6,8,11H,7H2,1-2H3. The Labute approximate surface area is 93.4 Å². The molecular weight excluding hydrogens is 238 g/mol. The average Bonchev–Trinajstić information content (AvgIpc) is 2.17. The quantitative estimate of drug-likeness (QED) is 0.726. The third-order valence-corrected chi connectivity index (χ3v) is 3.35. The van der Waals surface area contributed by atoms with Crippen LogP contribution in [0.3, 0.4) is 0 Å². The van der Waals surface area contributed by atoms with Crippen molar-refractivity contribution in [2.45, 2.75) is 26.3 Å². The molecule has 0 aromatic heterocycles. The van der Waals surface area contributed by atoms with Crippen molar-refractivity contribution in [2.24, 2.45) is 10.9 Å². The van der Waals surface area contributed by atoms with Crippen LogP contribution in [0.25, 0.3) is 0 Å². The number of hydrogen-bond acceptors (Lipinski definition) is 1. The van der Waals surface area contributed by atoms with Crippen molar-refractivity contribution in [1.82, 2.24) is 0 Å². The minimum absolute atomic E-state index is 0.430. The Kier molecular flexibility index (Phi) is 2.73. The third-order valence-electron chi connectivity index (χ3n) is 2.72. The highest BCUT2D eigenvalue weighted by Gasteiger charge is 2.21. The van der Waals surface area contributed by atoms with E-state index in [1.165, 1.54) is 11.1 Å². The van der Waals surface area contributed by atoms with E-state index in [4.69, 9.17) is 0 Å². The molecule has 14 heavy (non-hydrogen) atoms. The van der Waals surface area contributed by atoms with Crippen molar-refractivity contribution in [1.29, 1.82) is 0 Å². The van der Waals surface area contributed by atoms with E-state index in [-0.39, 0.29) is 0 Å². The van der Waals surface area contributed by atoms with E-state index >= 15 is 0 Å². The van der Waals surface area contributed by atoms with Gasteiger partial charge in [-0.05, 0) is 33.8 Å². The largest absolute Gasteiger partial charge is 0.273 e. The minimum Gasteiger partial charge on any atom is -0.273 e. The zero-order chi connectivity index (χ0) is 10.1. The molecule has 0 radical (unpaired) electrons. The van der Waals surface area contributed by atoms with Crippen LogP contribution >= 0.6 is 15.9 Å². The molecule has 0 saturated carbocycles. The number of benzene rings is 1. The highest BCUT2D eigenvalue weighted by atomic mass is 79.9. The first-order valence-corrected chi connectivity index (χ1v) is 5.79. The van der Waals surface area contributed by atoms with Crippen molar-refractivity contribution < 1.29 is 0 Å². The molecule has 1 aromatic rings. The minimum atomic E-state index is 0.430. The molecule has 2 heteroatoms. The topological polar surface area (TPSA) is 12.4 Å². The van der Waals surface area contributed by atoms with Gasteiger partial charge in [-0.3, -0.25) is 4.99 Å². The van der Waals surface area contributed by atoms with E-state index in [2.05, 4.69) is 59.0 Å². The van der Waals surface area contributed by atoms with Gasteiger partial charge in [-0.25, -0.2) is 0 Å². The van der Waals surface area contributed by atoms with E-state index in [9.17, 15) is 0 Å². The number of fused-ring (bicyclic) bond motifs is 1. The second-order valence-corrected chi connectivity index (χ2v) is 4.84. The monoisotopic (exact) mass is 251 g/mol. The maximum atomic E-state index is 4.66. The predicted octanol–water partition coefficient (Wildman–Crippen LogP) is 3.41. The van der Waals surface area contributed by atoms with Crippen LogP contribution in [-0.4, -0.2) is 10.7 Å². The zero-order valence-corrected chi connectivity index (χ0v) is 10.1. The predicted molar refractivity (Wildman–Crippen MR) is 64.2 cm³/mol. The van der Waals surface area contributed by atoms with E-state index in [1.807, 2.05) is 0 Å². The van der Waals surface area contributed by atoms with Crippen molar-refractivity contribution >= 4 is 20.6 Å². The second kappa shape index (κ2) is 3.85. The fraction of sp³-hybridized carbons (Fsp3) is 0.417. The van der Waals surface area contributed by atoms with Crippen LogP contribution in [-0.2, 0) is 6.42 Å². The molecule has 1 atom stereocenters. The van der Waals surface area contributed by atoms with Crippen molar-refractivity contribution in [2.75, 3.05) is 0 Å². The van der Waals surface area contributed by atoms with Gasteiger partial charge in [0.15, 0.2) is 0 Å². The Hall–Kier alpha value is -0.630. The number of aliphatic imine (C=N–C) groups is 1. The summed E-state index contributed by atoms with van der Waals surface area (Å²) in [5, 5.41) is 0. The molecule has 0 N–H and O–H groups in total. The molecule has 1 aliphatic rings. The van der Waals surface area contributed by atoms with Gasteiger partial charge in [-0.2, -0.15) is 0 Å². The van der Waals surface area contributed by atoms with Gasteiger partial charge in [-0.1, -0.05) is 38.1 Å². The van der Waals surface area contributed by atoms with Gasteiger partial charge in [-0.15, -0.1) is 0 Å². The smallest absolute Gasteiger partial charge is 0.108 e. The van der Waals surface area contributed by atoms with Gasteiger partial charge in [0.25, 0.3) is 0 Å². The van der Waals surface area contributed by atoms with Crippen LogP contribution < -0.4 is 0 Å². The van der Waals surface area contributed by atoms with Gasteiger partial charge in [0.2, 0.25) is 0 Å². The number of hydrogen-bond donors (Lipinski definition) is 0. The fourth-order valence-electron chi connectivity index (χ4n) is 1.77. The first-order valence-electron chi connectivity index (χ1n) is 5.00. The van der Waals surface area contributed by atoms with Crippen LogP contribution in [0, 0.1) is 5.92 Å². The maximum Gasteiger partial charge on any atom is 0.108 e. The maximum absolute atomic E-state index is 4.66. The molecule has 0 saturated heterocycles. The summed E-state index contributed by atoms with van der Waals surface area (Å²) in [4.78, 5) is 4.66. The third kappa shape index (κ3) is 1.76. The molecule has 74 valence electrons. The first-order chi connectivity index (χ1) is 6.68. The van der Waals surface area contributed by atoms with E-state index in [0.717, 1.165) is 11.0 Å². The highest BCUT2D eigenvalue weighted by Crippen LogP contribution is 2.25. The van der Waals surface area contributed by atoms with Gasteiger partial charge in [0.1, 0.15) is 4.62 Å². The Morgan fingerprint density at radius 3 is 2.79 bits per heavy atom. The van der Waals surface area contributed by atoms with E-state index in [0.29, 0.717) is 12.0 Å². The first kappa shape index (κ1) is 9.91. The summed E-state index contributed by atoms with van der Waals surface area (Å²) in [6.07, 6.45) is 1.07. The lowest BCUT2D eigenvalue weighted by Gasteiger charge is -2.23. The van der Waals surface area contributed by atoms with Crippen molar-refractivity contribution in [3.63, 3.8) is 0 Å². The molecule has 0 fully saturated rings. The van der Waals surface area contributed by atoms with Gasteiger partial charge >= 0.3 is 0 Å². The molecule has 1 heterocycles. The summed E-state index contributed by atoms with van der Waals surface area (Å²) in [5.74, 6) is 0.607. The molecule has 0 amide bonds. The molecule has 1 aliphatic heterocycles. The molecule has 1 aromatic carbocycles. The van der Waals surface area contributed by atoms with Gasteiger partial charge < -0.3 is 0 Å². The number of rotatable bonds is 1. The van der Waals surface area contributed by atoms with Crippen LogP contribution in [0.4, 0.5) is 0 Å². The zero-order valence-electron chi connectivity index (χ0n) is 8.50. The summed E-state index contributed by atoms with van der Waals surface area (Å²) in [5.41, 5.74) is 2.66. The van der Waals surface area contributed by atoms with Crippen LogP contribution in [0.2, 0.25) is 0 Å². The summed E-state index contributed by atoms with van der Waals surface area (Å²) >= 11 is 3.55. The van der Waals surface area contributed by atoms with E-state index < -0.39 is 0 Å². The molecule has 0 spiro atoms. The summed E-state index contributed by atoms with van der Waals surface area (Å²) < 4.78 is 1.01. The number of nitrogens with zero attached hydrogens (tertiary/aromatic N) is 1. The SMILES string of the molecule is CC(C)C1Cc2ccccc2C(Br)=N1.